The van der Waals surface area contributed by atoms with Gasteiger partial charge in [-0.2, -0.15) is 13.2 Å². The van der Waals surface area contributed by atoms with Crippen LogP contribution in [0.5, 0.6) is 0 Å². The molecule has 0 aliphatic rings. The van der Waals surface area contributed by atoms with E-state index in [9.17, 15) is 18.3 Å². The van der Waals surface area contributed by atoms with Crippen molar-refractivity contribution in [3.63, 3.8) is 0 Å². The molecule has 2 N–H and O–H groups in total. The molecule has 0 bridgehead atoms. The zero-order valence-corrected chi connectivity index (χ0v) is 15.8. The molecule has 0 spiro atoms. The number of fused-ring (bicyclic) bond motifs is 1. The van der Waals surface area contributed by atoms with Gasteiger partial charge in [-0.1, -0.05) is 41.1 Å². The van der Waals surface area contributed by atoms with Crippen LogP contribution >= 0.6 is 0 Å². The molecule has 4 aromatic rings. The summed E-state index contributed by atoms with van der Waals surface area (Å²) in [7, 11) is 0. The first-order valence-corrected chi connectivity index (χ1v) is 9.09. The first kappa shape index (κ1) is 19.8. The summed E-state index contributed by atoms with van der Waals surface area (Å²) in [5.41, 5.74) is 1.88. The number of nitrogens with zero attached hydrogens (tertiary/aromatic N) is 3. The fraction of sp³-hybridized carbons (Fsp3) is 0.190. The molecule has 0 aliphatic carbocycles. The van der Waals surface area contributed by atoms with E-state index in [0.717, 1.165) is 11.1 Å². The van der Waals surface area contributed by atoms with E-state index < -0.39 is 18.0 Å². The van der Waals surface area contributed by atoms with E-state index in [1.807, 2.05) is 31.2 Å². The molecule has 2 aromatic carbocycles. The minimum Gasteiger partial charge on any atom is -0.387 e. The molecular formula is C21H17F3N4O2. The third-order valence-corrected chi connectivity index (χ3v) is 4.64. The molecule has 2 aromatic heterocycles. The lowest BCUT2D eigenvalue weighted by molar-refractivity contribution is -0.141. The molecular weight excluding hydrogens is 397 g/mol. The van der Waals surface area contributed by atoms with Crippen LogP contribution in [0.2, 0.25) is 0 Å². The average molecular weight is 414 g/mol. The van der Waals surface area contributed by atoms with Crippen molar-refractivity contribution in [2.75, 3.05) is 11.9 Å². The van der Waals surface area contributed by atoms with Gasteiger partial charge in [0.05, 0.1) is 17.2 Å². The highest BCUT2D eigenvalue weighted by Crippen LogP contribution is 2.35. The minimum absolute atomic E-state index is 0.0164. The SMILES string of the molecule is Cc1ccc([C@@H](O)CNc2cc(-c3ccc4c(C(F)(F)F)noc4c3)ncn2)cc1. The van der Waals surface area contributed by atoms with Crippen LogP contribution in [-0.4, -0.2) is 26.8 Å². The zero-order chi connectivity index (χ0) is 21.3. The Morgan fingerprint density at radius 3 is 2.57 bits per heavy atom. The lowest BCUT2D eigenvalue weighted by Gasteiger charge is -2.13. The molecule has 154 valence electrons. The molecule has 1 atom stereocenters. The van der Waals surface area contributed by atoms with E-state index in [1.165, 1.54) is 24.5 Å². The number of aliphatic hydroxyl groups excluding tert-OH is 1. The maximum Gasteiger partial charge on any atom is 0.437 e. The fourth-order valence-corrected chi connectivity index (χ4v) is 3.02. The van der Waals surface area contributed by atoms with Crippen LogP contribution in [0.25, 0.3) is 22.2 Å². The number of aromatic nitrogens is 3. The predicted octanol–water partition coefficient (Wildman–Crippen LogP) is 4.76. The van der Waals surface area contributed by atoms with Gasteiger partial charge in [-0.25, -0.2) is 9.97 Å². The number of rotatable bonds is 5. The van der Waals surface area contributed by atoms with Crippen molar-refractivity contribution in [2.45, 2.75) is 19.2 Å². The third-order valence-electron chi connectivity index (χ3n) is 4.64. The molecule has 2 heterocycles. The molecule has 9 heteroatoms. The van der Waals surface area contributed by atoms with E-state index in [-0.39, 0.29) is 17.5 Å². The number of anilines is 1. The van der Waals surface area contributed by atoms with Crippen LogP contribution in [0.1, 0.15) is 22.9 Å². The van der Waals surface area contributed by atoms with E-state index in [0.29, 0.717) is 17.1 Å². The van der Waals surface area contributed by atoms with Crippen molar-refractivity contribution in [1.29, 1.82) is 0 Å². The zero-order valence-electron chi connectivity index (χ0n) is 15.8. The summed E-state index contributed by atoms with van der Waals surface area (Å²) in [4.78, 5) is 8.29. The van der Waals surface area contributed by atoms with Gasteiger partial charge in [-0.05, 0) is 24.6 Å². The topological polar surface area (TPSA) is 84.1 Å². The van der Waals surface area contributed by atoms with Gasteiger partial charge in [0.1, 0.15) is 12.1 Å². The van der Waals surface area contributed by atoms with Crippen molar-refractivity contribution < 1.29 is 22.8 Å². The Morgan fingerprint density at radius 2 is 1.83 bits per heavy atom. The van der Waals surface area contributed by atoms with Gasteiger partial charge >= 0.3 is 6.18 Å². The van der Waals surface area contributed by atoms with Gasteiger partial charge < -0.3 is 14.9 Å². The molecule has 0 radical (unpaired) electrons. The summed E-state index contributed by atoms with van der Waals surface area (Å²) in [5.74, 6) is 0.472. The maximum absolute atomic E-state index is 12.9. The third kappa shape index (κ3) is 4.11. The number of aliphatic hydroxyl groups is 1. The van der Waals surface area contributed by atoms with Gasteiger partial charge in [0, 0.05) is 18.2 Å². The summed E-state index contributed by atoms with van der Waals surface area (Å²) < 4.78 is 43.7. The molecule has 0 fully saturated rings. The van der Waals surface area contributed by atoms with Crippen LogP contribution in [0.3, 0.4) is 0 Å². The molecule has 0 saturated heterocycles. The molecule has 6 nitrogen and oxygen atoms in total. The van der Waals surface area contributed by atoms with E-state index in [4.69, 9.17) is 4.52 Å². The van der Waals surface area contributed by atoms with Crippen LogP contribution < -0.4 is 5.32 Å². The highest BCUT2D eigenvalue weighted by atomic mass is 19.4. The molecule has 0 saturated carbocycles. The van der Waals surface area contributed by atoms with Gasteiger partial charge in [-0.3, -0.25) is 0 Å². The Labute approximate surface area is 169 Å². The number of benzene rings is 2. The fourth-order valence-electron chi connectivity index (χ4n) is 3.02. The summed E-state index contributed by atoms with van der Waals surface area (Å²) in [6.07, 6.45) is -3.98. The normalized spacial score (nSPS) is 12.8. The van der Waals surface area contributed by atoms with Crippen LogP contribution in [-0.2, 0) is 6.18 Å². The molecule has 0 unspecified atom stereocenters. The van der Waals surface area contributed by atoms with Crippen molar-refractivity contribution in [1.82, 2.24) is 15.1 Å². The largest absolute Gasteiger partial charge is 0.437 e. The molecule has 0 amide bonds. The lowest BCUT2D eigenvalue weighted by Crippen LogP contribution is -2.13. The van der Waals surface area contributed by atoms with E-state index in [2.05, 4.69) is 20.4 Å². The number of aryl methyl sites for hydroxylation is 1. The number of nitrogens with one attached hydrogen (secondary N) is 1. The van der Waals surface area contributed by atoms with Crippen molar-refractivity contribution in [3.05, 3.63) is 71.7 Å². The summed E-state index contributed by atoms with van der Waals surface area (Å²) >= 11 is 0. The Balaban J connectivity index is 1.52. The second-order valence-electron chi connectivity index (χ2n) is 6.84. The van der Waals surface area contributed by atoms with Gasteiger partial charge in [0.2, 0.25) is 0 Å². The number of alkyl halides is 3. The second kappa shape index (κ2) is 7.75. The first-order chi connectivity index (χ1) is 14.3. The van der Waals surface area contributed by atoms with Gasteiger partial charge in [0.15, 0.2) is 11.3 Å². The minimum atomic E-state index is -4.59. The Morgan fingerprint density at radius 1 is 1.07 bits per heavy atom. The van der Waals surface area contributed by atoms with E-state index in [1.54, 1.807) is 6.07 Å². The molecule has 30 heavy (non-hydrogen) atoms. The highest BCUT2D eigenvalue weighted by molar-refractivity contribution is 5.84. The maximum atomic E-state index is 12.9. The van der Waals surface area contributed by atoms with Crippen LogP contribution in [0, 0.1) is 6.92 Å². The standard InChI is InChI=1S/C21H17F3N4O2/c1-12-2-4-13(5-3-12)17(29)10-25-19-9-16(26-11-27-19)14-6-7-15-18(8-14)30-28-20(15)21(22,23)24/h2-9,11,17,29H,10H2,1H3,(H,25,26,27)/t17-/m0/s1. The Hall–Kier alpha value is -3.46. The van der Waals surface area contributed by atoms with Gasteiger partial charge in [0.25, 0.3) is 0 Å². The summed E-state index contributed by atoms with van der Waals surface area (Å²) in [6, 6.07) is 13.5. The van der Waals surface area contributed by atoms with Gasteiger partial charge in [-0.15, -0.1) is 0 Å². The van der Waals surface area contributed by atoms with E-state index >= 15 is 0 Å². The van der Waals surface area contributed by atoms with Crippen LogP contribution in [0.15, 0.2) is 59.4 Å². The number of hydrogen-bond donors (Lipinski definition) is 2. The quantitative estimate of drug-likeness (QED) is 0.490. The predicted molar refractivity (Wildman–Crippen MR) is 105 cm³/mol. The number of halogens is 3. The summed E-state index contributed by atoms with van der Waals surface area (Å²) in [6.45, 7) is 2.20. The second-order valence-corrected chi connectivity index (χ2v) is 6.84. The Kier molecular flexibility index (Phi) is 5.13. The smallest absolute Gasteiger partial charge is 0.387 e. The number of hydrogen-bond acceptors (Lipinski definition) is 6. The first-order valence-electron chi connectivity index (χ1n) is 9.09. The monoisotopic (exact) mass is 414 g/mol. The van der Waals surface area contributed by atoms with Crippen molar-refractivity contribution in [3.8, 4) is 11.3 Å². The van der Waals surface area contributed by atoms with Crippen molar-refractivity contribution in [2.24, 2.45) is 0 Å². The molecule has 4 rings (SSSR count). The molecule has 0 aliphatic heterocycles. The average Bonchev–Trinajstić information content (AvgIpc) is 3.16. The van der Waals surface area contributed by atoms with Crippen LogP contribution in [0.4, 0.5) is 19.0 Å². The Bertz CT molecular complexity index is 1170. The summed E-state index contributed by atoms with van der Waals surface area (Å²) in [5, 5.41) is 16.4. The van der Waals surface area contributed by atoms with Crippen molar-refractivity contribution >= 4 is 16.8 Å². The highest BCUT2D eigenvalue weighted by Gasteiger charge is 2.37. The lowest BCUT2D eigenvalue weighted by atomic mass is 10.1.